The number of hydrogen-bond donors (Lipinski definition) is 5. The number of carbonyl (C=O) groups excluding carboxylic acids is 4. The van der Waals surface area contributed by atoms with E-state index in [1.807, 2.05) is 80.2 Å². The minimum atomic E-state index is -4.59. The normalized spacial score (nSPS) is 20.8. The summed E-state index contributed by atoms with van der Waals surface area (Å²) in [4.78, 5) is 71.0. The summed E-state index contributed by atoms with van der Waals surface area (Å²) in [5.74, 6) is -0.977. The zero-order chi connectivity index (χ0) is 50.6. The van der Waals surface area contributed by atoms with Crippen LogP contribution in [-0.4, -0.2) is 123 Å². The van der Waals surface area contributed by atoms with Crippen molar-refractivity contribution in [2.24, 2.45) is 11.3 Å². The first-order chi connectivity index (χ1) is 33.8. The second-order valence-electron chi connectivity index (χ2n) is 20.0. The number of hydrogen-bond acceptors (Lipinski definition) is 11. The van der Waals surface area contributed by atoms with Crippen LogP contribution in [0.3, 0.4) is 0 Å². The predicted octanol–water partition coefficient (Wildman–Crippen LogP) is 4.03. The van der Waals surface area contributed by atoms with E-state index in [1.54, 1.807) is 11.3 Å². The molecular formula is C51H62F3IN9O6S-. The number of aryl methyl sites for hydroxylation is 1. The standard InChI is InChI=1S/C51H62F3IN9O6S/c1-31-43(71-30-57-31)35-13-8-32(9-14-35)25-56-46(68)42-24-39(66)27-63(42)47(69)44(50(2,3)4)59-48(70)55-29-62-20-18-61(19-21-62)26-34-12-17-41-40(22-34)58-49(64(41)38-15-10-33(28-65)11-16-38)60-45(67)36-6-5-7-37(23-36)51(52,53)54/h5-9,12-14,17,22-23,30,33,38-39,42,44,65-66H,10-11,15-16,18-21,24-29H2,1-4H3,(H,56,68)(H,59,70)(H,58,60,67)/q-1/t33?,38?,39-,42+,44-/m1/s1. The molecule has 2 aromatic heterocycles. The Bertz CT molecular complexity index is 2690. The summed E-state index contributed by atoms with van der Waals surface area (Å²) in [6, 6.07) is 16.4. The van der Waals surface area contributed by atoms with E-state index in [9.17, 15) is 42.6 Å². The Kier molecular flexibility index (Phi) is 16.5. The van der Waals surface area contributed by atoms with Crippen molar-refractivity contribution in [3.63, 3.8) is 0 Å². The summed E-state index contributed by atoms with van der Waals surface area (Å²) < 4.78 is 42.9. The molecule has 20 heteroatoms. The summed E-state index contributed by atoms with van der Waals surface area (Å²) in [7, 11) is 0. The van der Waals surface area contributed by atoms with Crippen LogP contribution in [0.4, 0.5) is 23.9 Å². The monoisotopic (exact) mass is 1110 g/mol. The summed E-state index contributed by atoms with van der Waals surface area (Å²) in [5.41, 5.74) is 5.49. The molecule has 71 heavy (non-hydrogen) atoms. The van der Waals surface area contributed by atoms with E-state index < -0.39 is 68.4 Å². The Morgan fingerprint density at radius 3 is 2.28 bits per heavy atom. The number of aromatic nitrogens is 3. The van der Waals surface area contributed by atoms with Gasteiger partial charge in [0.05, 0.1) is 21.6 Å². The van der Waals surface area contributed by atoms with Crippen molar-refractivity contribution in [2.75, 3.05) is 49.2 Å². The molecule has 0 unspecified atom stereocenters. The van der Waals surface area contributed by atoms with Gasteiger partial charge < -0.3 is 5.11 Å². The first kappa shape index (κ1) is 52.3. The average Bonchev–Trinajstić information content (AvgIpc) is 4.07. The second-order valence-corrected chi connectivity index (χ2v) is 23.2. The number of aliphatic hydroxyl groups is 2. The van der Waals surface area contributed by atoms with Crippen LogP contribution in [0.5, 0.6) is 0 Å². The first-order valence-corrected chi connectivity index (χ1v) is 27.5. The molecule has 2 aliphatic heterocycles. The Balaban J connectivity index is 0.841. The zero-order valence-electron chi connectivity index (χ0n) is 40.3. The predicted molar refractivity (Wildman–Crippen MR) is 261 cm³/mol. The molecule has 4 amide bonds. The number of β-amino-alcohol motifs (C(OH)–C–C–N with tert-alkyl or cyclic N) is 1. The van der Waals surface area contributed by atoms with Gasteiger partial charge >= 0.3 is 281 Å². The number of imidazole rings is 1. The molecule has 15 nitrogen and oxygen atoms in total. The van der Waals surface area contributed by atoms with Gasteiger partial charge in [0, 0.05) is 12.2 Å². The van der Waals surface area contributed by atoms with Crippen molar-refractivity contribution >= 4 is 50.0 Å². The van der Waals surface area contributed by atoms with Gasteiger partial charge in [-0.3, -0.25) is 4.79 Å². The molecule has 5 N–H and O–H groups in total. The van der Waals surface area contributed by atoms with Gasteiger partial charge in [0.1, 0.15) is 0 Å². The van der Waals surface area contributed by atoms with Crippen LogP contribution >= 0.6 is 11.3 Å². The van der Waals surface area contributed by atoms with Crippen molar-refractivity contribution < 1.29 is 63.8 Å². The van der Waals surface area contributed by atoms with Crippen LogP contribution in [0, 0.1) is 18.3 Å². The number of aliphatic hydroxyl groups excluding tert-OH is 2. The molecule has 382 valence electrons. The second kappa shape index (κ2) is 22.4. The molecule has 3 aromatic carbocycles. The molecule has 1 aliphatic carbocycles. The summed E-state index contributed by atoms with van der Waals surface area (Å²) in [6.45, 7) is 11.6. The van der Waals surface area contributed by atoms with Crippen molar-refractivity contribution in [3.05, 3.63) is 100 Å². The summed E-state index contributed by atoms with van der Waals surface area (Å²) in [6.07, 6.45) is -2.25. The SMILES string of the molecule is Cc1ncsc1-c1ccc(CNC(=O)[C@@H]2C[C@@H](O)CN2C(=O)[C@@H](NC(=O)[I-]CN2CCN(Cc3ccc4c(c3)nc(NC(=O)c3cccc(C(F)(F)F)c3)n4C3CCC(CO)CC3)CC2)C(C)(C)C)cc1. The fourth-order valence-electron chi connectivity index (χ4n) is 9.69. The van der Waals surface area contributed by atoms with E-state index in [2.05, 4.69) is 30.7 Å². The fourth-order valence-corrected chi connectivity index (χ4v) is 12.5. The van der Waals surface area contributed by atoms with Gasteiger partial charge in [-0.25, -0.2) is 4.98 Å². The molecule has 1 saturated carbocycles. The first-order valence-electron chi connectivity index (χ1n) is 24.0. The van der Waals surface area contributed by atoms with E-state index in [-0.39, 0.29) is 59.4 Å². The molecule has 3 fully saturated rings. The van der Waals surface area contributed by atoms with Crippen LogP contribution in [0.2, 0.25) is 0 Å². The summed E-state index contributed by atoms with van der Waals surface area (Å²) >= 11 is 0.532. The number of nitrogens with zero attached hydrogens (tertiary/aromatic N) is 6. The van der Waals surface area contributed by atoms with Gasteiger partial charge in [0.2, 0.25) is 0 Å². The van der Waals surface area contributed by atoms with Crippen LogP contribution < -0.4 is 37.2 Å². The van der Waals surface area contributed by atoms with E-state index in [4.69, 9.17) is 4.98 Å². The van der Waals surface area contributed by atoms with Gasteiger partial charge in [-0.1, -0.05) is 6.07 Å². The molecular weight excluding hydrogens is 1050 g/mol. The molecule has 3 atom stereocenters. The number of piperazine rings is 1. The van der Waals surface area contributed by atoms with Crippen LogP contribution in [0.25, 0.3) is 21.5 Å². The van der Waals surface area contributed by atoms with Crippen LogP contribution in [0.1, 0.15) is 91.7 Å². The van der Waals surface area contributed by atoms with Gasteiger partial charge in [0.15, 0.2) is 0 Å². The number of benzene rings is 3. The van der Waals surface area contributed by atoms with E-state index >= 15 is 0 Å². The van der Waals surface area contributed by atoms with Crippen molar-refractivity contribution in [2.45, 2.75) is 103 Å². The van der Waals surface area contributed by atoms with Crippen molar-refractivity contribution in [1.82, 2.24) is 39.9 Å². The summed E-state index contributed by atoms with van der Waals surface area (Å²) in [5, 5.41) is 29.2. The number of nitrogens with one attached hydrogen (secondary N) is 3. The van der Waals surface area contributed by atoms with Gasteiger partial charge in [-0.15, -0.1) is 11.3 Å². The van der Waals surface area contributed by atoms with E-state index in [0.29, 0.717) is 16.6 Å². The van der Waals surface area contributed by atoms with Crippen LogP contribution in [0.15, 0.2) is 72.2 Å². The number of carbonyl (C=O) groups is 4. The molecule has 2 saturated heterocycles. The van der Waals surface area contributed by atoms with Crippen molar-refractivity contribution in [3.8, 4) is 10.4 Å². The molecule has 5 aromatic rings. The number of halogens is 4. The molecule has 0 spiro atoms. The molecule has 3 aliphatic rings. The maximum absolute atomic E-state index is 14.2. The van der Waals surface area contributed by atoms with Crippen LogP contribution in [-0.2, 0) is 28.9 Å². The van der Waals surface area contributed by atoms with E-state index in [0.717, 1.165) is 96.8 Å². The van der Waals surface area contributed by atoms with Gasteiger partial charge in [-0.05, 0) is 62.3 Å². The van der Waals surface area contributed by atoms with Gasteiger partial charge in [0.25, 0.3) is 5.91 Å². The van der Waals surface area contributed by atoms with Gasteiger partial charge in [-0.2, -0.15) is 13.2 Å². The number of anilines is 1. The average molecular weight is 1110 g/mol. The third-order valence-electron chi connectivity index (χ3n) is 13.8. The fraction of sp³-hybridized carbons (Fsp3) is 0.490. The van der Waals surface area contributed by atoms with E-state index in [1.165, 1.54) is 17.0 Å². The number of amides is 4. The number of thiazole rings is 1. The third-order valence-corrected chi connectivity index (χ3v) is 17.0. The Hall–Kier alpha value is -5.00. The Morgan fingerprint density at radius 2 is 1.62 bits per heavy atom. The Morgan fingerprint density at radius 1 is 0.915 bits per heavy atom. The number of likely N-dealkylation sites (tertiary alicyclic amines) is 1. The molecule has 4 heterocycles. The van der Waals surface area contributed by atoms with Crippen molar-refractivity contribution in [1.29, 1.82) is 0 Å². The molecule has 0 bridgehead atoms. The zero-order valence-corrected chi connectivity index (χ0v) is 43.3. The maximum atomic E-state index is 14.2. The molecule has 8 rings (SSSR count). The third kappa shape index (κ3) is 12.8. The number of fused-ring (bicyclic) bond motifs is 1. The topological polar surface area (TPSA) is 185 Å². The quantitative estimate of drug-likeness (QED) is 0.0444. The number of rotatable bonds is 15. The minimum absolute atomic E-state index is 0.00270. The number of alkyl halides is 4. The molecule has 0 radical (unpaired) electrons. The Labute approximate surface area is 425 Å².